The largest absolute Gasteiger partial charge is 0.386 e. The van der Waals surface area contributed by atoms with Crippen LogP contribution in [-0.4, -0.2) is 38.5 Å². The van der Waals surface area contributed by atoms with Crippen LogP contribution < -0.4 is 4.90 Å². The zero-order valence-corrected chi connectivity index (χ0v) is 11.7. The second-order valence-electron chi connectivity index (χ2n) is 5.38. The van der Waals surface area contributed by atoms with Crippen molar-refractivity contribution >= 4 is 15.5 Å². The summed E-state index contributed by atoms with van der Waals surface area (Å²) in [4.78, 5) is 2.37. The van der Waals surface area contributed by atoms with E-state index >= 15 is 0 Å². The monoisotopic (exact) mass is 269 g/mol. The first-order valence-electron chi connectivity index (χ1n) is 6.00. The summed E-state index contributed by atoms with van der Waals surface area (Å²) in [5, 5.41) is 10.2. The zero-order valence-electron chi connectivity index (χ0n) is 10.9. The molecule has 18 heavy (non-hydrogen) atoms. The summed E-state index contributed by atoms with van der Waals surface area (Å²) in [7, 11) is -3.14. The summed E-state index contributed by atoms with van der Waals surface area (Å²) in [5.74, 6) is 0.226. The van der Waals surface area contributed by atoms with Crippen molar-refractivity contribution < 1.29 is 13.5 Å². The van der Waals surface area contributed by atoms with E-state index in [0.29, 0.717) is 18.0 Å². The van der Waals surface area contributed by atoms with Crippen LogP contribution in [0.5, 0.6) is 0 Å². The minimum Gasteiger partial charge on any atom is -0.386 e. The van der Waals surface area contributed by atoms with Crippen LogP contribution in [-0.2, 0) is 9.84 Å². The normalized spacial score (nSPS) is 18.8. The Morgan fingerprint density at radius 2 is 1.72 bits per heavy atom. The molecule has 0 atom stereocenters. The van der Waals surface area contributed by atoms with Gasteiger partial charge < -0.3 is 10.0 Å². The third-order valence-corrected chi connectivity index (χ3v) is 4.76. The van der Waals surface area contributed by atoms with Crippen LogP contribution >= 0.6 is 0 Å². The molecule has 0 aromatic heterocycles. The summed E-state index contributed by atoms with van der Waals surface area (Å²) in [6.45, 7) is 5.21. The second kappa shape index (κ2) is 4.24. The van der Waals surface area contributed by atoms with Crippen LogP contribution in [0, 0.1) is 5.92 Å². The molecule has 0 unspecified atom stereocenters. The molecule has 100 valence electrons. The molecular formula is C13H19NO3S. The average molecular weight is 269 g/mol. The molecule has 0 saturated carbocycles. The summed E-state index contributed by atoms with van der Waals surface area (Å²) >= 11 is 0. The fraction of sp³-hybridized carbons (Fsp3) is 0.538. The molecular weight excluding hydrogens is 250 g/mol. The van der Waals surface area contributed by atoms with Crippen molar-refractivity contribution in [2.24, 2.45) is 5.92 Å². The van der Waals surface area contributed by atoms with E-state index in [1.807, 2.05) is 18.7 Å². The van der Waals surface area contributed by atoms with E-state index < -0.39 is 15.4 Å². The number of anilines is 1. The Labute approximate surface area is 108 Å². The fourth-order valence-electron chi connectivity index (χ4n) is 2.07. The number of hydrogen-bond donors (Lipinski definition) is 1. The molecule has 4 nitrogen and oxygen atoms in total. The van der Waals surface area contributed by atoms with E-state index in [1.165, 1.54) is 6.26 Å². The lowest BCUT2D eigenvalue weighted by Crippen LogP contribution is -2.64. The Balaban J connectivity index is 2.10. The molecule has 1 aromatic rings. The first-order chi connectivity index (χ1) is 8.22. The smallest absolute Gasteiger partial charge is 0.175 e. The molecule has 1 fully saturated rings. The summed E-state index contributed by atoms with van der Waals surface area (Å²) in [6, 6.07) is 6.79. The van der Waals surface area contributed by atoms with Crippen LogP contribution in [0.25, 0.3) is 0 Å². The van der Waals surface area contributed by atoms with Gasteiger partial charge in [-0.05, 0) is 30.2 Å². The van der Waals surface area contributed by atoms with Crippen LogP contribution in [0.4, 0.5) is 5.69 Å². The van der Waals surface area contributed by atoms with Crippen LogP contribution in [0.2, 0.25) is 0 Å². The van der Waals surface area contributed by atoms with E-state index in [0.717, 1.165) is 5.69 Å². The lowest BCUT2D eigenvalue weighted by atomic mass is 9.83. The van der Waals surface area contributed by atoms with Gasteiger partial charge >= 0.3 is 0 Å². The molecule has 0 bridgehead atoms. The summed E-state index contributed by atoms with van der Waals surface area (Å²) in [5.41, 5.74) is 0.336. The van der Waals surface area contributed by atoms with Gasteiger partial charge in [0, 0.05) is 25.0 Å². The van der Waals surface area contributed by atoms with Crippen molar-refractivity contribution in [2.75, 3.05) is 24.2 Å². The average Bonchev–Trinajstić information content (AvgIpc) is 2.23. The highest BCUT2D eigenvalue weighted by Gasteiger charge is 2.43. The molecule has 1 heterocycles. The van der Waals surface area contributed by atoms with Gasteiger partial charge in [0.25, 0.3) is 0 Å². The van der Waals surface area contributed by atoms with Crippen LogP contribution in [0.15, 0.2) is 29.2 Å². The molecule has 2 rings (SSSR count). The van der Waals surface area contributed by atoms with Gasteiger partial charge in [-0.1, -0.05) is 13.8 Å². The lowest BCUT2D eigenvalue weighted by Gasteiger charge is -2.50. The predicted molar refractivity (Wildman–Crippen MR) is 71.6 cm³/mol. The van der Waals surface area contributed by atoms with E-state index in [9.17, 15) is 13.5 Å². The number of rotatable bonds is 3. The SMILES string of the molecule is CC(C)C1(O)CN(c2ccc(S(C)(=O)=O)cc2)C1. The first kappa shape index (κ1) is 13.4. The molecule has 1 saturated heterocycles. The summed E-state index contributed by atoms with van der Waals surface area (Å²) < 4.78 is 22.7. The maximum absolute atomic E-state index is 11.3. The number of aliphatic hydroxyl groups is 1. The minimum absolute atomic E-state index is 0.226. The van der Waals surface area contributed by atoms with Gasteiger partial charge in [0.2, 0.25) is 0 Å². The molecule has 0 radical (unpaired) electrons. The van der Waals surface area contributed by atoms with Gasteiger partial charge in [0.1, 0.15) is 5.60 Å². The summed E-state index contributed by atoms with van der Waals surface area (Å²) in [6.07, 6.45) is 1.20. The second-order valence-corrected chi connectivity index (χ2v) is 7.40. The number of nitrogens with zero attached hydrogens (tertiary/aromatic N) is 1. The van der Waals surface area contributed by atoms with Crippen molar-refractivity contribution in [3.63, 3.8) is 0 Å². The third kappa shape index (κ3) is 2.37. The predicted octanol–water partition coefficient (Wildman–Crippen LogP) is 1.30. The topological polar surface area (TPSA) is 57.6 Å². The molecule has 1 N–H and O–H groups in total. The first-order valence-corrected chi connectivity index (χ1v) is 7.89. The van der Waals surface area contributed by atoms with Crippen molar-refractivity contribution in [1.82, 2.24) is 0 Å². The maximum atomic E-state index is 11.3. The fourth-order valence-corrected chi connectivity index (χ4v) is 2.70. The lowest BCUT2D eigenvalue weighted by molar-refractivity contribution is -0.0300. The Morgan fingerprint density at radius 3 is 2.11 bits per heavy atom. The number of β-amino-alcohol motifs (C(OH)–C–C–N with tert-alkyl or cyclic N) is 1. The third-order valence-electron chi connectivity index (χ3n) is 3.63. The van der Waals surface area contributed by atoms with E-state index in [4.69, 9.17) is 0 Å². The van der Waals surface area contributed by atoms with Gasteiger partial charge in [-0.15, -0.1) is 0 Å². The van der Waals surface area contributed by atoms with E-state index in [2.05, 4.69) is 0 Å². The highest BCUT2D eigenvalue weighted by molar-refractivity contribution is 7.90. The van der Waals surface area contributed by atoms with Crippen molar-refractivity contribution in [1.29, 1.82) is 0 Å². The van der Waals surface area contributed by atoms with Gasteiger partial charge in [-0.2, -0.15) is 0 Å². The number of benzene rings is 1. The number of hydrogen-bond acceptors (Lipinski definition) is 4. The Hall–Kier alpha value is -1.07. The molecule has 0 aliphatic carbocycles. The quantitative estimate of drug-likeness (QED) is 0.898. The van der Waals surface area contributed by atoms with E-state index in [1.54, 1.807) is 24.3 Å². The molecule has 5 heteroatoms. The van der Waals surface area contributed by atoms with Gasteiger partial charge in [-0.25, -0.2) is 8.42 Å². The Kier molecular flexibility index (Phi) is 3.15. The van der Waals surface area contributed by atoms with Gasteiger partial charge in [0.15, 0.2) is 9.84 Å². The van der Waals surface area contributed by atoms with Crippen LogP contribution in [0.1, 0.15) is 13.8 Å². The minimum atomic E-state index is -3.14. The van der Waals surface area contributed by atoms with Gasteiger partial charge in [-0.3, -0.25) is 0 Å². The molecule has 1 aliphatic rings. The number of sulfone groups is 1. The highest BCUT2D eigenvalue weighted by Crippen LogP contribution is 2.33. The Bertz CT molecular complexity index is 528. The maximum Gasteiger partial charge on any atom is 0.175 e. The molecule has 1 aliphatic heterocycles. The highest BCUT2D eigenvalue weighted by atomic mass is 32.2. The van der Waals surface area contributed by atoms with Gasteiger partial charge in [0.05, 0.1) is 4.90 Å². The molecule has 0 spiro atoms. The van der Waals surface area contributed by atoms with Crippen LogP contribution in [0.3, 0.4) is 0 Å². The molecule has 0 amide bonds. The van der Waals surface area contributed by atoms with Crippen molar-refractivity contribution in [3.8, 4) is 0 Å². The standard InChI is InChI=1S/C13H19NO3S/c1-10(2)13(15)8-14(9-13)11-4-6-12(7-5-11)18(3,16)17/h4-7,10,15H,8-9H2,1-3H3. The van der Waals surface area contributed by atoms with E-state index in [-0.39, 0.29) is 5.92 Å². The van der Waals surface area contributed by atoms with Crippen molar-refractivity contribution in [3.05, 3.63) is 24.3 Å². The zero-order chi connectivity index (χ0) is 13.6. The molecule has 1 aromatic carbocycles. The Morgan fingerprint density at radius 1 is 1.22 bits per heavy atom. The van der Waals surface area contributed by atoms with Crippen molar-refractivity contribution in [2.45, 2.75) is 24.3 Å².